The maximum atomic E-state index is 13.1. The molecule has 30 heavy (non-hydrogen) atoms. The van der Waals surface area contributed by atoms with Gasteiger partial charge in [-0.2, -0.15) is 13.2 Å². The number of para-hydroxylation sites is 1. The normalized spacial score (nSPS) is 13.2. The van der Waals surface area contributed by atoms with E-state index in [9.17, 15) is 13.2 Å². The lowest BCUT2D eigenvalue weighted by Crippen LogP contribution is -2.07. The van der Waals surface area contributed by atoms with E-state index in [1.54, 1.807) is 12.1 Å². The van der Waals surface area contributed by atoms with Crippen LogP contribution in [0.1, 0.15) is 28.2 Å². The molecule has 1 atom stereocenters. The van der Waals surface area contributed by atoms with Crippen LogP contribution < -0.4 is 0 Å². The smallest absolute Gasteiger partial charge is 0.361 e. The van der Waals surface area contributed by atoms with Crippen molar-refractivity contribution in [1.82, 2.24) is 9.97 Å². The summed E-state index contributed by atoms with van der Waals surface area (Å²) in [6.07, 6.45) is -0.467. The highest BCUT2D eigenvalue weighted by molar-refractivity contribution is 9.10. The Morgan fingerprint density at radius 1 is 0.733 bits per heavy atom. The topological polar surface area (TPSA) is 31.6 Å². The number of rotatable bonds is 3. The molecule has 5 rings (SSSR count). The lowest BCUT2D eigenvalue weighted by molar-refractivity contribution is -0.137. The van der Waals surface area contributed by atoms with Gasteiger partial charge in [-0.25, -0.2) is 0 Å². The van der Waals surface area contributed by atoms with E-state index in [0.29, 0.717) is 0 Å². The average molecular weight is 469 g/mol. The SMILES string of the molecule is FC(F)(F)c1ccc(C(c2c[nH]c3ccccc23)c2c[nH]c3ccc(Br)cc23)cc1. The predicted octanol–water partition coefficient (Wildman–Crippen LogP) is 7.61. The van der Waals surface area contributed by atoms with Crippen LogP contribution in [0.25, 0.3) is 21.8 Å². The lowest BCUT2D eigenvalue weighted by Gasteiger charge is -2.18. The molecule has 2 nitrogen and oxygen atoms in total. The van der Waals surface area contributed by atoms with Gasteiger partial charge in [-0.3, -0.25) is 0 Å². The third kappa shape index (κ3) is 3.21. The minimum Gasteiger partial charge on any atom is -0.361 e. The fraction of sp³-hybridized carbons (Fsp3) is 0.0833. The van der Waals surface area contributed by atoms with Gasteiger partial charge in [-0.1, -0.05) is 46.3 Å². The first-order valence-corrected chi connectivity index (χ1v) is 10.2. The lowest BCUT2D eigenvalue weighted by atomic mass is 9.84. The number of fused-ring (bicyclic) bond motifs is 2. The molecular weight excluding hydrogens is 453 g/mol. The average Bonchev–Trinajstić information content (AvgIpc) is 3.33. The number of halogens is 4. The molecular formula is C24H16BrF3N2. The van der Waals surface area contributed by atoms with Crippen LogP contribution in [-0.4, -0.2) is 9.97 Å². The molecule has 5 aromatic rings. The molecule has 3 aromatic carbocycles. The highest BCUT2D eigenvalue weighted by Gasteiger charge is 2.31. The second kappa shape index (κ2) is 7.06. The van der Waals surface area contributed by atoms with E-state index >= 15 is 0 Å². The molecule has 2 heterocycles. The van der Waals surface area contributed by atoms with E-state index in [4.69, 9.17) is 0 Å². The molecule has 0 radical (unpaired) electrons. The minimum atomic E-state index is -4.36. The van der Waals surface area contributed by atoms with Crippen LogP contribution in [0.4, 0.5) is 13.2 Å². The Labute approximate surface area is 178 Å². The Morgan fingerprint density at radius 3 is 2.07 bits per heavy atom. The van der Waals surface area contributed by atoms with Gasteiger partial charge in [0.1, 0.15) is 0 Å². The molecule has 0 aliphatic heterocycles. The number of nitrogens with one attached hydrogen (secondary N) is 2. The summed E-state index contributed by atoms with van der Waals surface area (Å²) < 4.78 is 40.3. The summed E-state index contributed by atoms with van der Waals surface area (Å²) in [6.45, 7) is 0. The Hall–Kier alpha value is -2.99. The van der Waals surface area contributed by atoms with Gasteiger partial charge in [0.25, 0.3) is 0 Å². The molecule has 0 aliphatic carbocycles. The van der Waals surface area contributed by atoms with Crippen LogP contribution in [-0.2, 0) is 6.18 Å². The minimum absolute atomic E-state index is 0.230. The van der Waals surface area contributed by atoms with E-state index in [1.807, 2.05) is 54.9 Å². The van der Waals surface area contributed by atoms with Crippen molar-refractivity contribution in [2.75, 3.05) is 0 Å². The molecule has 0 saturated carbocycles. The third-order valence-electron chi connectivity index (χ3n) is 5.49. The van der Waals surface area contributed by atoms with Crippen molar-refractivity contribution >= 4 is 37.7 Å². The highest BCUT2D eigenvalue weighted by Crippen LogP contribution is 2.40. The molecule has 0 spiro atoms. The van der Waals surface area contributed by atoms with Crippen molar-refractivity contribution in [3.63, 3.8) is 0 Å². The van der Waals surface area contributed by atoms with Gasteiger partial charge in [0.05, 0.1) is 5.56 Å². The summed E-state index contributed by atoms with van der Waals surface area (Å²) in [5.74, 6) is -0.230. The van der Waals surface area contributed by atoms with Gasteiger partial charge in [0, 0.05) is 44.6 Å². The Bertz CT molecular complexity index is 1350. The molecule has 1 unspecified atom stereocenters. The summed E-state index contributed by atoms with van der Waals surface area (Å²) in [5, 5.41) is 2.08. The number of benzene rings is 3. The zero-order chi connectivity index (χ0) is 20.9. The van der Waals surface area contributed by atoms with Gasteiger partial charge in [0.15, 0.2) is 0 Å². The van der Waals surface area contributed by atoms with Crippen molar-refractivity contribution < 1.29 is 13.2 Å². The summed E-state index contributed by atoms with van der Waals surface area (Å²) in [4.78, 5) is 6.60. The molecule has 6 heteroatoms. The van der Waals surface area contributed by atoms with Crippen molar-refractivity contribution in [3.8, 4) is 0 Å². The van der Waals surface area contributed by atoms with E-state index < -0.39 is 11.7 Å². The van der Waals surface area contributed by atoms with Crippen LogP contribution in [0, 0.1) is 0 Å². The monoisotopic (exact) mass is 468 g/mol. The van der Waals surface area contributed by atoms with Crippen molar-refractivity contribution in [3.05, 3.63) is 106 Å². The number of aromatic nitrogens is 2. The highest BCUT2D eigenvalue weighted by atomic mass is 79.9. The zero-order valence-corrected chi connectivity index (χ0v) is 17.2. The number of hydrogen-bond donors (Lipinski definition) is 2. The fourth-order valence-electron chi connectivity index (χ4n) is 4.08. The summed E-state index contributed by atoms with van der Waals surface area (Å²) in [7, 11) is 0. The Balaban J connectivity index is 1.75. The first kappa shape index (κ1) is 19.0. The quantitative estimate of drug-likeness (QED) is 0.273. The standard InChI is InChI=1S/C24H16BrF3N2/c25-16-9-10-22-18(11-16)20(13-30-22)23(14-5-7-15(8-6-14)24(26,27)28)19-12-29-21-4-2-1-3-17(19)21/h1-13,23,29-30H. The molecule has 0 fully saturated rings. The fourth-order valence-corrected chi connectivity index (χ4v) is 4.44. The number of hydrogen-bond acceptors (Lipinski definition) is 0. The summed E-state index contributed by atoms with van der Waals surface area (Å²) >= 11 is 3.53. The van der Waals surface area contributed by atoms with E-state index in [2.05, 4.69) is 25.9 Å². The van der Waals surface area contributed by atoms with Gasteiger partial charge in [-0.15, -0.1) is 0 Å². The Morgan fingerprint density at radius 2 is 1.37 bits per heavy atom. The third-order valence-corrected chi connectivity index (χ3v) is 5.98. The van der Waals surface area contributed by atoms with E-state index in [1.165, 1.54) is 0 Å². The molecule has 0 amide bonds. The zero-order valence-electron chi connectivity index (χ0n) is 15.6. The van der Waals surface area contributed by atoms with Gasteiger partial charge in [0.2, 0.25) is 0 Å². The van der Waals surface area contributed by atoms with Crippen LogP contribution in [0.3, 0.4) is 0 Å². The Kier molecular flexibility index (Phi) is 4.47. The van der Waals surface area contributed by atoms with Crippen molar-refractivity contribution in [2.45, 2.75) is 12.1 Å². The maximum absolute atomic E-state index is 13.1. The predicted molar refractivity (Wildman–Crippen MR) is 117 cm³/mol. The molecule has 2 N–H and O–H groups in total. The van der Waals surface area contributed by atoms with Gasteiger partial charge >= 0.3 is 6.18 Å². The van der Waals surface area contributed by atoms with Crippen LogP contribution in [0.15, 0.2) is 83.6 Å². The van der Waals surface area contributed by atoms with Crippen molar-refractivity contribution in [2.24, 2.45) is 0 Å². The van der Waals surface area contributed by atoms with Crippen molar-refractivity contribution in [1.29, 1.82) is 0 Å². The van der Waals surface area contributed by atoms with Gasteiger partial charge in [-0.05, 0) is 53.1 Å². The number of aromatic amines is 2. The van der Waals surface area contributed by atoms with Gasteiger partial charge < -0.3 is 9.97 Å². The van der Waals surface area contributed by atoms with E-state index in [0.717, 1.165) is 55.1 Å². The van der Waals surface area contributed by atoms with Crippen LogP contribution >= 0.6 is 15.9 Å². The first-order valence-electron chi connectivity index (χ1n) is 9.41. The second-order valence-electron chi connectivity index (χ2n) is 7.28. The number of H-pyrrole nitrogens is 2. The maximum Gasteiger partial charge on any atom is 0.416 e. The molecule has 150 valence electrons. The molecule has 0 aliphatic rings. The second-order valence-corrected chi connectivity index (χ2v) is 8.19. The summed E-state index contributed by atoms with van der Waals surface area (Å²) in [5.41, 5.74) is 4.15. The molecule has 0 saturated heterocycles. The largest absolute Gasteiger partial charge is 0.416 e. The number of alkyl halides is 3. The summed E-state index contributed by atoms with van der Waals surface area (Å²) in [6, 6.07) is 19.4. The van der Waals surface area contributed by atoms with E-state index in [-0.39, 0.29) is 5.92 Å². The van der Waals surface area contributed by atoms with Crippen LogP contribution in [0.2, 0.25) is 0 Å². The van der Waals surface area contributed by atoms with Crippen LogP contribution in [0.5, 0.6) is 0 Å². The molecule has 0 bridgehead atoms. The first-order chi connectivity index (χ1) is 14.4. The molecule has 2 aromatic heterocycles.